The van der Waals surface area contributed by atoms with Gasteiger partial charge in [0.1, 0.15) is 0 Å². The molecule has 1 aromatic carbocycles. The minimum atomic E-state index is -3.26. The van der Waals surface area contributed by atoms with Crippen molar-refractivity contribution < 1.29 is 8.42 Å². The van der Waals surface area contributed by atoms with Gasteiger partial charge >= 0.3 is 0 Å². The molecule has 0 saturated carbocycles. The molecular weight excluding hydrogens is 234 g/mol. The van der Waals surface area contributed by atoms with Crippen LogP contribution in [0.2, 0.25) is 5.02 Å². The molecule has 1 N–H and O–H groups in total. The molecule has 0 aliphatic carbocycles. The standard InChI is InChI=1S/C10H12ClNO2S/c11-9-3-1-2-4-10(9)15(13,14)8-5-6-12-7-8/h1-4,8,12H,5-7H2/t8-/m1/s1. The summed E-state index contributed by atoms with van der Waals surface area (Å²) in [7, 11) is -3.26. The second-order valence-electron chi connectivity index (χ2n) is 3.59. The van der Waals surface area contributed by atoms with Crippen molar-refractivity contribution >= 4 is 21.4 Å². The number of nitrogens with one attached hydrogen (secondary N) is 1. The van der Waals surface area contributed by atoms with Crippen LogP contribution in [0.5, 0.6) is 0 Å². The van der Waals surface area contributed by atoms with Gasteiger partial charge in [-0.25, -0.2) is 8.42 Å². The van der Waals surface area contributed by atoms with Crippen LogP contribution in [0.25, 0.3) is 0 Å². The van der Waals surface area contributed by atoms with Crippen LogP contribution in [-0.2, 0) is 9.84 Å². The lowest BCUT2D eigenvalue weighted by molar-refractivity contribution is 0.583. The molecule has 15 heavy (non-hydrogen) atoms. The van der Waals surface area contributed by atoms with Crippen molar-refractivity contribution in [3.05, 3.63) is 29.3 Å². The summed E-state index contributed by atoms with van der Waals surface area (Å²) in [5, 5.41) is 3.02. The maximum absolute atomic E-state index is 12.1. The Morgan fingerprint density at radius 3 is 2.67 bits per heavy atom. The summed E-state index contributed by atoms with van der Waals surface area (Å²) >= 11 is 5.89. The first kappa shape index (κ1) is 10.9. The van der Waals surface area contributed by atoms with E-state index in [-0.39, 0.29) is 10.1 Å². The SMILES string of the molecule is O=S(=O)(c1ccccc1Cl)[C@@H]1CCNC1. The van der Waals surface area contributed by atoms with Gasteiger partial charge < -0.3 is 5.32 Å². The summed E-state index contributed by atoms with van der Waals surface area (Å²) < 4.78 is 24.3. The summed E-state index contributed by atoms with van der Waals surface area (Å²) in [6.45, 7) is 1.28. The van der Waals surface area contributed by atoms with E-state index in [1.165, 1.54) is 0 Å². The molecule has 0 aromatic heterocycles. The molecule has 1 aliphatic heterocycles. The van der Waals surface area contributed by atoms with Crippen molar-refractivity contribution in [2.75, 3.05) is 13.1 Å². The van der Waals surface area contributed by atoms with Crippen LogP contribution in [-0.4, -0.2) is 26.8 Å². The smallest absolute Gasteiger partial charge is 0.183 e. The Labute approximate surface area is 94.4 Å². The molecule has 1 aliphatic rings. The quantitative estimate of drug-likeness (QED) is 0.859. The average Bonchev–Trinajstić information content (AvgIpc) is 2.71. The van der Waals surface area contributed by atoms with Crippen LogP contribution in [0.3, 0.4) is 0 Å². The first-order valence-electron chi connectivity index (χ1n) is 4.81. The third kappa shape index (κ3) is 2.02. The highest BCUT2D eigenvalue weighted by Gasteiger charge is 2.31. The lowest BCUT2D eigenvalue weighted by Crippen LogP contribution is -2.24. The molecular formula is C10H12ClNO2S. The number of sulfone groups is 1. The fraction of sp³-hybridized carbons (Fsp3) is 0.400. The minimum absolute atomic E-state index is 0.250. The molecule has 0 spiro atoms. The Morgan fingerprint density at radius 2 is 2.07 bits per heavy atom. The number of hydrogen-bond donors (Lipinski definition) is 1. The van der Waals surface area contributed by atoms with Crippen LogP contribution in [0, 0.1) is 0 Å². The van der Waals surface area contributed by atoms with Crippen molar-refractivity contribution in [2.45, 2.75) is 16.6 Å². The van der Waals surface area contributed by atoms with Gasteiger partial charge in [-0.2, -0.15) is 0 Å². The molecule has 5 heteroatoms. The lowest BCUT2D eigenvalue weighted by Gasteiger charge is -2.11. The molecule has 82 valence electrons. The van der Waals surface area contributed by atoms with Gasteiger partial charge in [-0.15, -0.1) is 0 Å². The molecule has 1 aromatic rings. The van der Waals surface area contributed by atoms with Gasteiger partial charge in [0.2, 0.25) is 0 Å². The minimum Gasteiger partial charge on any atom is -0.315 e. The first-order valence-corrected chi connectivity index (χ1v) is 6.74. The van der Waals surface area contributed by atoms with E-state index < -0.39 is 9.84 Å². The van der Waals surface area contributed by atoms with Crippen LogP contribution in [0.15, 0.2) is 29.2 Å². The van der Waals surface area contributed by atoms with E-state index >= 15 is 0 Å². The number of rotatable bonds is 2. The van der Waals surface area contributed by atoms with Crippen LogP contribution >= 0.6 is 11.6 Å². The summed E-state index contributed by atoms with van der Waals surface area (Å²) in [6, 6.07) is 6.60. The monoisotopic (exact) mass is 245 g/mol. The van der Waals surface area contributed by atoms with Gasteiger partial charge in [-0.05, 0) is 25.1 Å². The summed E-state index contributed by atoms with van der Waals surface area (Å²) in [5.41, 5.74) is 0. The highest BCUT2D eigenvalue weighted by atomic mass is 35.5. The maximum Gasteiger partial charge on any atom is 0.183 e. The highest BCUT2D eigenvalue weighted by molar-refractivity contribution is 7.92. The molecule has 0 bridgehead atoms. The summed E-state index contributed by atoms with van der Waals surface area (Å²) in [6.07, 6.45) is 0.660. The van der Waals surface area contributed by atoms with Crippen molar-refractivity contribution in [1.82, 2.24) is 5.32 Å². The Kier molecular flexibility index (Phi) is 3.00. The van der Waals surface area contributed by atoms with Gasteiger partial charge in [0.25, 0.3) is 0 Å². The molecule has 0 unspecified atom stereocenters. The van der Waals surface area contributed by atoms with E-state index in [9.17, 15) is 8.42 Å². The molecule has 1 heterocycles. The zero-order valence-corrected chi connectivity index (χ0v) is 9.68. The van der Waals surface area contributed by atoms with Crippen molar-refractivity contribution in [3.8, 4) is 0 Å². The fourth-order valence-corrected chi connectivity index (χ4v) is 3.94. The van der Waals surface area contributed by atoms with Crippen molar-refractivity contribution in [1.29, 1.82) is 0 Å². The van der Waals surface area contributed by atoms with Gasteiger partial charge in [-0.1, -0.05) is 23.7 Å². The zero-order chi connectivity index (χ0) is 10.9. The third-order valence-electron chi connectivity index (χ3n) is 2.60. The van der Waals surface area contributed by atoms with E-state index in [1.807, 2.05) is 0 Å². The number of benzene rings is 1. The normalized spacial score (nSPS) is 21.8. The lowest BCUT2D eigenvalue weighted by atomic mass is 10.4. The molecule has 3 nitrogen and oxygen atoms in total. The number of hydrogen-bond acceptors (Lipinski definition) is 3. The van der Waals surface area contributed by atoms with E-state index in [0.717, 1.165) is 6.54 Å². The first-order chi connectivity index (χ1) is 7.12. The molecule has 0 amide bonds. The Hall–Kier alpha value is -0.580. The highest BCUT2D eigenvalue weighted by Crippen LogP contribution is 2.26. The second-order valence-corrected chi connectivity index (χ2v) is 6.19. The fourth-order valence-electron chi connectivity index (χ4n) is 1.75. The Bertz CT molecular complexity index is 452. The molecule has 1 atom stereocenters. The van der Waals surface area contributed by atoms with Gasteiger partial charge in [0, 0.05) is 6.54 Å². The van der Waals surface area contributed by atoms with E-state index in [4.69, 9.17) is 11.6 Å². The zero-order valence-electron chi connectivity index (χ0n) is 8.11. The van der Waals surface area contributed by atoms with E-state index in [0.29, 0.717) is 18.0 Å². The Balaban J connectivity index is 2.41. The summed E-state index contributed by atoms with van der Waals surface area (Å²) in [5.74, 6) is 0. The van der Waals surface area contributed by atoms with Crippen LogP contribution in [0.4, 0.5) is 0 Å². The summed E-state index contributed by atoms with van der Waals surface area (Å²) in [4.78, 5) is 0.250. The van der Waals surface area contributed by atoms with Gasteiger partial charge in [0.05, 0.1) is 15.2 Å². The van der Waals surface area contributed by atoms with Gasteiger partial charge in [-0.3, -0.25) is 0 Å². The average molecular weight is 246 g/mol. The Morgan fingerprint density at radius 1 is 1.33 bits per heavy atom. The molecule has 0 radical (unpaired) electrons. The third-order valence-corrected chi connectivity index (χ3v) is 5.29. The predicted octanol–water partition coefficient (Wildman–Crippen LogP) is 1.48. The molecule has 1 saturated heterocycles. The van der Waals surface area contributed by atoms with Gasteiger partial charge in [0.15, 0.2) is 9.84 Å². The van der Waals surface area contributed by atoms with Crippen molar-refractivity contribution in [2.24, 2.45) is 0 Å². The molecule has 1 fully saturated rings. The second kappa shape index (κ2) is 4.12. The number of halogens is 1. The van der Waals surface area contributed by atoms with Crippen LogP contribution < -0.4 is 5.32 Å². The topological polar surface area (TPSA) is 46.2 Å². The van der Waals surface area contributed by atoms with Crippen LogP contribution in [0.1, 0.15) is 6.42 Å². The maximum atomic E-state index is 12.1. The predicted molar refractivity (Wildman–Crippen MR) is 59.9 cm³/mol. The van der Waals surface area contributed by atoms with E-state index in [1.54, 1.807) is 24.3 Å². The molecule has 2 rings (SSSR count). The van der Waals surface area contributed by atoms with Crippen molar-refractivity contribution in [3.63, 3.8) is 0 Å². The largest absolute Gasteiger partial charge is 0.315 e. The van der Waals surface area contributed by atoms with E-state index in [2.05, 4.69) is 5.32 Å².